The average Bonchev–Trinajstić information content (AvgIpc) is 2.45. The maximum absolute atomic E-state index is 10.9. The van der Waals surface area contributed by atoms with Gasteiger partial charge in [-0.3, -0.25) is 10.1 Å². The molecule has 0 saturated carbocycles. The Morgan fingerprint density at radius 3 is 2.75 bits per heavy atom. The molecule has 0 aromatic heterocycles. The Bertz CT molecular complexity index is 695. The monoisotopic (exact) mass is 288 g/mol. The lowest BCUT2D eigenvalue weighted by molar-refractivity contribution is -0.385. The molecule has 100 valence electrons. The highest BCUT2D eigenvalue weighted by atomic mass is 35.5. The molecule has 2 rings (SSSR count). The number of rotatable bonds is 4. The van der Waals surface area contributed by atoms with Crippen LogP contribution in [0.5, 0.6) is 5.75 Å². The highest BCUT2D eigenvalue weighted by molar-refractivity contribution is 6.32. The van der Waals surface area contributed by atoms with Gasteiger partial charge in [-0.15, -0.1) is 0 Å². The zero-order chi connectivity index (χ0) is 14.5. The molecule has 5 nitrogen and oxygen atoms in total. The lowest BCUT2D eigenvalue weighted by atomic mass is 10.1. The van der Waals surface area contributed by atoms with Gasteiger partial charge >= 0.3 is 5.69 Å². The molecule has 0 aliphatic carbocycles. The van der Waals surface area contributed by atoms with Crippen molar-refractivity contribution >= 4 is 17.3 Å². The summed E-state index contributed by atoms with van der Waals surface area (Å²) in [6.07, 6.45) is 0. The fourth-order valence-electron chi connectivity index (χ4n) is 1.67. The highest BCUT2D eigenvalue weighted by Crippen LogP contribution is 2.34. The van der Waals surface area contributed by atoms with Crippen molar-refractivity contribution in [3.8, 4) is 11.8 Å². The minimum absolute atomic E-state index is 0.0292. The Morgan fingerprint density at radius 2 is 2.05 bits per heavy atom. The van der Waals surface area contributed by atoms with E-state index >= 15 is 0 Å². The minimum Gasteiger partial charge on any atom is -0.481 e. The fourth-order valence-corrected chi connectivity index (χ4v) is 1.89. The zero-order valence-electron chi connectivity index (χ0n) is 10.2. The number of hydrogen-bond acceptors (Lipinski definition) is 4. The topological polar surface area (TPSA) is 76.2 Å². The van der Waals surface area contributed by atoms with Crippen molar-refractivity contribution in [3.63, 3.8) is 0 Å². The Balaban J connectivity index is 2.23. The third-order valence-corrected chi connectivity index (χ3v) is 2.88. The Kier molecular flexibility index (Phi) is 4.18. The molecule has 0 fully saturated rings. The van der Waals surface area contributed by atoms with Gasteiger partial charge in [-0.1, -0.05) is 29.8 Å². The van der Waals surface area contributed by atoms with E-state index in [1.165, 1.54) is 18.2 Å². The summed E-state index contributed by atoms with van der Waals surface area (Å²) < 4.78 is 5.43. The maximum atomic E-state index is 10.9. The number of nitriles is 1. The van der Waals surface area contributed by atoms with Crippen molar-refractivity contribution in [2.45, 2.75) is 6.61 Å². The summed E-state index contributed by atoms with van der Waals surface area (Å²) in [6, 6.07) is 13.2. The maximum Gasteiger partial charge on any atom is 0.312 e. The van der Waals surface area contributed by atoms with Crippen LogP contribution >= 0.6 is 11.6 Å². The largest absolute Gasteiger partial charge is 0.481 e. The van der Waals surface area contributed by atoms with E-state index in [1.54, 1.807) is 24.3 Å². The number of nitro groups is 1. The van der Waals surface area contributed by atoms with Gasteiger partial charge in [0.25, 0.3) is 0 Å². The van der Waals surface area contributed by atoms with Crippen molar-refractivity contribution in [1.29, 1.82) is 5.26 Å². The number of para-hydroxylation sites is 1. The first kappa shape index (κ1) is 13.8. The van der Waals surface area contributed by atoms with E-state index in [4.69, 9.17) is 21.6 Å². The summed E-state index contributed by atoms with van der Waals surface area (Å²) >= 11 is 5.92. The third-order valence-electron chi connectivity index (χ3n) is 2.58. The molecule has 0 saturated heterocycles. The van der Waals surface area contributed by atoms with Crippen molar-refractivity contribution in [3.05, 3.63) is 68.7 Å². The first-order chi connectivity index (χ1) is 9.61. The summed E-state index contributed by atoms with van der Waals surface area (Å²) in [4.78, 5) is 10.4. The van der Waals surface area contributed by atoms with Crippen LogP contribution in [0, 0.1) is 21.4 Å². The molecule has 0 heterocycles. The second-order valence-electron chi connectivity index (χ2n) is 3.95. The predicted molar refractivity (Wildman–Crippen MR) is 73.6 cm³/mol. The molecule has 0 unspecified atom stereocenters. The lowest BCUT2D eigenvalue weighted by Crippen LogP contribution is -2.00. The quantitative estimate of drug-likeness (QED) is 0.635. The molecule has 0 amide bonds. The van der Waals surface area contributed by atoms with Crippen molar-refractivity contribution in [1.82, 2.24) is 0 Å². The number of nitro benzene ring substituents is 1. The average molecular weight is 289 g/mol. The second-order valence-corrected chi connectivity index (χ2v) is 4.35. The van der Waals surface area contributed by atoms with Crippen LogP contribution in [0.1, 0.15) is 11.1 Å². The molecule has 0 spiro atoms. The summed E-state index contributed by atoms with van der Waals surface area (Å²) in [7, 11) is 0. The smallest absolute Gasteiger partial charge is 0.312 e. The molecule has 2 aromatic rings. The van der Waals surface area contributed by atoms with Crippen LogP contribution in [-0.2, 0) is 6.61 Å². The van der Waals surface area contributed by atoms with Gasteiger partial charge in [-0.05, 0) is 23.8 Å². The standard InChI is InChI=1S/C14H9ClN2O3/c15-12-5-2-6-13(17(18)19)14(12)20-9-11-4-1-3-10(7-11)8-16/h1-7H,9H2. The van der Waals surface area contributed by atoms with Crippen LogP contribution in [0.25, 0.3) is 0 Å². The van der Waals surface area contributed by atoms with Gasteiger partial charge in [0.05, 0.1) is 21.6 Å². The number of ether oxygens (including phenoxy) is 1. The van der Waals surface area contributed by atoms with E-state index in [0.717, 1.165) is 5.56 Å². The summed E-state index contributed by atoms with van der Waals surface area (Å²) in [5.41, 5.74) is 1.05. The lowest BCUT2D eigenvalue weighted by Gasteiger charge is -2.08. The summed E-state index contributed by atoms with van der Waals surface area (Å²) in [6.45, 7) is 0.0973. The molecular weight excluding hydrogens is 280 g/mol. The third kappa shape index (κ3) is 3.05. The minimum atomic E-state index is -0.549. The molecule has 0 aliphatic rings. The van der Waals surface area contributed by atoms with Crippen molar-refractivity contribution in [2.24, 2.45) is 0 Å². The molecule has 0 N–H and O–H groups in total. The van der Waals surface area contributed by atoms with E-state index in [-0.39, 0.29) is 23.1 Å². The molecule has 0 radical (unpaired) electrons. The first-order valence-corrected chi connectivity index (χ1v) is 6.04. The van der Waals surface area contributed by atoms with Gasteiger partial charge in [0.15, 0.2) is 0 Å². The first-order valence-electron chi connectivity index (χ1n) is 5.66. The fraction of sp³-hybridized carbons (Fsp3) is 0.0714. The number of benzene rings is 2. The van der Waals surface area contributed by atoms with Crippen LogP contribution in [0.3, 0.4) is 0 Å². The molecule has 0 atom stereocenters. The van der Waals surface area contributed by atoms with Gasteiger partial charge in [0, 0.05) is 6.07 Å². The van der Waals surface area contributed by atoms with Crippen molar-refractivity contribution < 1.29 is 9.66 Å². The Morgan fingerprint density at radius 1 is 1.30 bits per heavy atom. The molecule has 2 aromatic carbocycles. The molecule has 20 heavy (non-hydrogen) atoms. The van der Waals surface area contributed by atoms with Crippen molar-refractivity contribution in [2.75, 3.05) is 0 Å². The number of hydrogen-bond donors (Lipinski definition) is 0. The van der Waals surface area contributed by atoms with Gasteiger partial charge in [-0.2, -0.15) is 5.26 Å². The second kappa shape index (κ2) is 6.04. The van der Waals surface area contributed by atoms with E-state index < -0.39 is 4.92 Å². The van der Waals surface area contributed by atoms with E-state index in [0.29, 0.717) is 5.56 Å². The van der Waals surface area contributed by atoms with Crippen LogP contribution in [0.15, 0.2) is 42.5 Å². The SMILES string of the molecule is N#Cc1cccc(COc2c(Cl)cccc2[N+](=O)[O-])c1. The van der Waals surface area contributed by atoms with Crippen LogP contribution < -0.4 is 4.74 Å². The van der Waals surface area contributed by atoms with E-state index in [9.17, 15) is 10.1 Å². The van der Waals surface area contributed by atoms with E-state index in [1.807, 2.05) is 6.07 Å². The van der Waals surface area contributed by atoms with Gasteiger partial charge in [-0.25, -0.2) is 0 Å². The van der Waals surface area contributed by atoms with Crippen LogP contribution in [0.4, 0.5) is 5.69 Å². The molecule has 0 aliphatic heterocycles. The van der Waals surface area contributed by atoms with Gasteiger partial charge in [0.2, 0.25) is 5.75 Å². The normalized spacial score (nSPS) is 9.80. The molecule has 6 heteroatoms. The van der Waals surface area contributed by atoms with Gasteiger partial charge in [0.1, 0.15) is 6.61 Å². The number of nitrogens with zero attached hydrogens (tertiary/aromatic N) is 2. The molecule has 0 bridgehead atoms. The Hall–Kier alpha value is -2.58. The predicted octanol–water partition coefficient (Wildman–Crippen LogP) is 3.70. The summed E-state index contributed by atoms with van der Waals surface area (Å²) in [5.74, 6) is 0.0292. The highest BCUT2D eigenvalue weighted by Gasteiger charge is 2.18. The molecular formula is C14H9ClN2O3. The Labute approximate surface area is 120 Å². The summed E-state index contributed by atoms with van der Waals surface area (Å²) in [5, 5.41) is 19.9. The van der Waals surface area contributed by atoms with Gasteiger partial charge < -0.3 is 4.74 Å². The number of halogens is 1. The van der Waals surface area contributed by atoms with Crippen LogP contribution in [-0.4, -0.2) is 4.92 Å². The van der Waals surface area contributed by atoms with Crippen LogP contribution in [0.2, 0.25) is 5.02 Å². The van der Waals surface area contributed by atoms with E-state index in [2.05, 4.69) is 0 Å². The zero-order valence-corrected chi connectivity index (χ0v) is 11.0.